The Kier molecular flexibility index (Phi) is 11.6. The van der Waals surface area contributed by atoms with E-state index in [1.165, 1.54) is 4.90 Å². The number of aromatic hydroxyl groups is 1. The van der Waals surface area contributed by atoms with Gasteiger partial charge in [0.1, 0.15) is 11.5 Å². The molecule has 11 heteroatoms. The van der Waals surface area contributed by atoms with Crippen LogP contribution in [0.3, 0.4) is 0 Å². The molecule has 10 nitrogen and oxygen atoms in total. The minimum atomic E-state index is -2.41. The summed E-state index contributed by atoms with van der Waals surface area (Å²) in [4.78, 5) is 28.3. The van der Waals surface area contributed by atoms with Crippen molar-refractivity contribution in [1.29, 1.82) is 0 Å². The predicted octanol–water partition coefficient (Wildman–Crippen LogP) is 6.38. The summed E-state index contributed by atoms with van der Waals surface area (Å²) in [7, 11) is -0.773. The van der Waals surface area contributed by atoms with Gasteiger partial charge in [-0.2, -0.15) is 0 Å². The van der Waals surface area contributed by atoms with Crippen LogP contribution in [-0.4, -0.2) is 87.6 Å². The standard InChI is InChI=1S/C34H50N2O8Si/c1-22(2)45(23(3)4,24(5)6)44-31-19-35(34(39)40)18-30(33(31)26-10-12-27(37)13-11-26)42-20-25-9-14-29-28(17-25)36(15-8-16-41-7)32(38)21-43-29/h9-14,17,22-24,30-31,33,37H,8,15-16,18-21H2,1-7H3,(H,39,40). The van der Waals surface area contributed by atoms with Crippen LogP contribution in [0.25, 0.3) is 0 Å². The Balaban J connectivity index is 1.68. The number of methoxy groups -OCH3 is 1. The lowest BCUT2D eigenvalue weighted by Gasteiger charge is -2.50. The number of carbonyl (C=O) groups is 2. The number of carboxylic acid groups (broad SMARTS) is 1. The first kappa shape index (κ1) is 34.7. The molecule has 2 N–H and O–H groups in total. The maximum atomic E-state index is 12.7. The maximum Gasteiger partial charge on any atom is 0.407 e. The van der Waals surface area contributed by atoms with E-state index in [1.807, 2.05) is 30.3 Å². The van der Waals surface area contributed by atoms with Crippen LogP contribution in [-0.2, 0) is 25.3 Å². The third-order valence-corrected chi connectivity index (χ3v) is 15.5. The van der Waals surface area contributed by atoms with Gasteiger partial charge in [0.2, 0.25) is 8.32 Å². The van der Waals surface area contributed by atoms with Crippen LogP contribution in [0.5, 0.6) is 11.5 Å². The molecule has 2 heterocycles. The number of phenolic OH excluding ortho intramolecular Hbond substituents is 1. The molecule has 248 valence electrons. The zero-order chi connectivity index (χ0) is 32.9. The number of hydrogen-bond donors (Lipinski definition) is 2. The molecule has 4 rings (SSSR count). The molecule has 1 fully saturated rings. The van der Waals surface area contributed by atoms with E-state index in [2.05, 4.69) is 41.5 Å². The zero-order valence-corrected chi connectivity index (χ0v) is 28.7. The second kappa shape index (κ2) is 15.0. The predicted molar refractivity (Wildman–Crippen MR) is 176 cm³/mol. The molecular formula is C34H50N2O8Si. The molecule has 45 heavy (non-hydrogen) atoms. The van der Waals surface area contributed by atoms with Gasteiger partial charge in [0.25, 0.3) is 5.91 Å². The van der Waals surface area contributed by atoms with E-state index in [9.17, 15) is 19.8 Å². The Bertz CT molecular complexity index is 1280. The summed E-state index contributed by atoms with van der Waals surface area (Å²) in [5, 5.41) is 20.3. The number of anilines is 1. The number of nitrogens with zero attached hydrogens (tertiary/aromatic N) is 2. The van der Waals surface area contributed by atoms with Crippen molar-refractivity contribution in [3.8, 4) is 11.5 Å². The SMILES string of the molecule is COCCCN1C(=O)COc2ccc(COC3CN(C(=O)O)CC(O[Si](C(C)C)(C(C)C)C(C)C)C3c3ccc(O)cc3)cc21. The molecule has 0 aliphatic carbocycles. The van der Waals surface area contributed by atoms with E-state index in [1.54, 1.807) is 24.1 Å². The average Bonchev–Trinajstić information content (AvgIpc) is 2.99. The van der Waals surface area contributed by atoms with Crippen LogP contribution in [0.2, 0.25) is 16.6 Å². The first-order valence-corrected chi connectivity index (χ1v) is 18.1. The molecule has 0 aromatic heterocycles. The second-order valence-electron chi connectivity index (χ2n) is 13.1. The molecule has 3 unspecified atom stereocenters. The molecule has 2 aliphatic heterocycles. The van der Waals surface area contributed by atoms with Gasteiger partial charge >= 0.3 is 6.09 Å². The number of phenols is 1. The molecule has 0 radical (unpaired) electrons. The van der Waals surface area contributed by atoms with Crippen molar-refractivity contribution < 1.29 is 38.4 Å². The van der Waals surface area contributed by atoms with E-state index in [-0.39, 0.29) is 43.9 Å². The van der Waals surface area contributed by atoms with Gasteiger partial charge in [0, 0.05) is 32.7 Å². The summed E-state index contributed by atoms with van der Waals surface area (Å²) in [6.45, 7) is 15.0. The minimum Gasteiger partial charge on any atom is -0.508 e. The van der Waals surface area contributed by atoms with Gasteiger partial charge in [0.15, 0.2) is 6.61 Å². The van der Waals surface area contributed by atoms with Crippen LogP contribution in [0.4, 0.5) is 10.5 Å². The molecule has 0 bridgehead atoms. The van der Waals surface area contributed by atoms with Crippen molar-refractivity contribution >= 4 is 26.0 Å². The Morgan fingerprint density at radius 3 is 2.24 bits per heavy atom. The van der Waals surface area contributed by atoms with Gasteiger partial charge in [-0.15, -0.1) is 0 Å². The topological polar surface area (TPSA) is 118 Å². The summed E-state index contributed by atoms with van der Waals surface area (Å²) in [6, 6.07) is 12.8. The quantitative estimate of drug-likeness (QED) is 0.191. The molecule has 0 saturated carbocycles. The van der Waals surface area contributed by atoms with Gasteiger partial charge in [-0.3, -0.25) is 4.79 Å². The Labute approximate surface area is 268 Å². The lowest BCUT2D eigenvalue weighted by atomic mass is 9.84. The summed E-state index contributed by atoms with van der Waals surface area (Å²) >= 11 is 0. The van der Waals surface area contributed by atoms with E-state index >= 15 is 0 Å². The first-order chi connectivity index (χ1) is 21.4. The fraction of sp³-hybridized carbons (Fsp3) is 0.588. The van der Waals surface area contributed by atoms with Crippen LogP contribution in [0.1, 0.15) is 65.0 Å². The first-order valence-electron chi connectivity index (χ1n) is 16.0. The van der Waals surface area contributed by atoms with E-state index < -0.39 is 26.6 Å². The van der Waals surface area contributed by atoms with E-state index in [0.29, 0.717) is 47.6 Å². The number of fused-ring (bicyclic) bond motifs is 1. The van der Waals surface area contributed by atoms with Crippen LogP contribution >= 0.6 is 0 Å². The number of carbonyl (C=O) groups excluding carboxylic acids is 1. The summed E-state index contributed by atoms with van der Waals surface area (Å²) < 4.78 is 24.8. The monoisotopic (exact) mass is 642 g/mol. The fourth-order valence-corrected chi connectivity index (χ4v) is 12.9. The number of ether oxygens (including phenoxy) is 3. The van der Waals surface area contributed by atoms with Gasteiger partial charge < -0.3 is 38.6 Å². The van der Waals surface area contributed by atoms with Crippen molar-refractivity contribution in [2.24, 2.45) is 0 Å². The number of hydrogen-bond acceptors (Lipinski definition) is 7. The highest BCUT2D eigenvalue weighted by Crippen LogP contribution is 2.46. The highest BCUT2D eigenvalue weighted by molar-refractivity contribution is 6.77. The largest absolute Gasteiger partial charge is 0.508 e. The number of rotatable bonds is 13. The lowest BCUT2D eigenvalue weighted by Crippen LogP contribution is -2.59. The van der Waals surface area contributed by atoms with E-state index in [4.69, 9.17) is 18.6 Å². The van der Waals surface area contributed by atoms with Crippen molar-refractivity contribution in [1.82, 2.24) is 4.90 Å². The molecule has 2 aliphatic rings. The molecule has 2 aromatic carbocycles. The molecule has 3 atom stereocenters. The van der Waals surface area contributed by atoms with Gasteiger partial charge in [0.05, 0.1) is 31.0 Å². The number of amides is 2. The zero-order valence-electron chi connectivity index (χ0n) is 27.7. The van der Waals surface area contributed by atoms with Crippen LogP contribution in [0.15, 0.2) is 42.5 Å². The number of likely N-dealkylation sites (tertiary alicyclic amines) is 1. The fourth-order valence-electron chi connectivity index (χ4n) is 7.35. The molecule has 1 saturated heterocycles. The Morgan fingerprint density at radius 2 is 1.64 bits per heavy atom. The van der Waals surface area contributed by atoms with Crippen LogP contribution < -0.4 is 9.64 Å². The summed E-state index contributed by atoms with van der Waals surface area (Å²) in [5.41, 5.74) is 3.39. The normalized spacial score (nSPS) is 20.6. The van der Waals surface area contributed by atoms with E-state index in [0.717, 1.165) is 11.1 Å². The third kappa shape index (κ3) is 7.65. The maximum absolute atomic E-state index is 12.7. The van der Waals surface area contributed by atoms with Crippen molar-refractivity contribution in [2.45, 2.75) is 89.3 Å². The molecule has 2 aromatic rings. The third-order valence-electron chi connectivity index (χ3n) is 9.37. The average molecular weight is 643 g/mol. The van der Waals surface area contributed by atoms with Crippen molar-refractivity contribution in [3.05, 3.63) is 53.6 Å². The number of benzene rings is 2. The van der Waals surface area contributed by atoms with Gasteiger partial charge in [-0.25, -0.2) is 4.79 Å². The molecular weight excluding hydrogens is 592 g/mol. The van der Waals surface area contributed by atoms with Gasteiger partial charge in [-0.1, -0.05) is 59.7 Å². The Hall–Kier alpha value is -3.12. The minimum absolute atomic E-state index is 0.00738. The highest BCUT2D eigenvalue weighted by atomic mass is 28.4. The smallest absolute Gasteiger partial charge is 0.407 e. The van der Waals surface area contributed by atoms with Crippen molar-refractivity contribution in [2.75, 3.05) is 44.9 Å². The van der Waals surface area contributed by atoms with Crippen molar-refractivity contribution in [3.63, 3.8) is 0 Å². The summed E-state index contributed by atoms with van der Waals surface area (Å²) in [6.07, 6.45) is -1.27. The molecule has 2 amide bonds. The lowest BCUT2D eigenvalue weighted by molar-refractivity contribution is -0.121. The molecule has 0 spiro atoms. The van der Waals surface area contributed by atoms with Crippen LogP contribution in [0, 0.1) is 0 Å². The summed E-state index contributed by atoms with van der Waals surface area (Å²) in [5.74, 6) is 0.421. The number of piperidine rings is 1. The van der Waals surface area contributed by atoms with Gasteiger partial charge in [-0.05, 0) is 58.4 Å². The Morgan fingerprint density at radius 1 is 1.00 bits per heavy atom. The second-order valence-corrected chi connectivity index (χ2v) is 18.5. The highest BCUT2D eigenvalue weighted by Gasteiger charge is 2.51.